The maximum atomic E-state index is 11.0. The number of amides is 1. The first-order valence-electron chi connectivity index (χ1n) is 4.89. The second-order valence-corrected chi connectivity index (χ2v) is 5.90. The van der Waals surface area contributed by atoms with Gasteiger partial charge in [0.05, 0.1) is 3.79 Å². The van der Waals surface area contributed by atoms with Crippen LogP contribution < -0.4 is 11.1 Å². The zero-order chi connectivity index (χ0) is 12.3. The van der Waals surface area contributed by atoms with Gasteiger partial charge in [0, 0.05) is 23.3 Å². The molecule has 3 N–H and O–H groups in total. The summed E-state index contributed by atoms with van der Waals surface area (Å²) in [5.41, 5.74) is 6.26. The van der Waals surface area contributed by atoms with Crippen molar-refractivity contribution in [1.82, 2.24) is 4.98 Å². The summed E-state index contributed by atoms with van der Waals surface area (Å²) in [6.07, 6.45) is 1.56. The summed E-state index contributed by atoms with van der Waals surface area (Å²) in [5.74, 6) is -0.521. The van der Waals surface area contributed by atoms with E-state index in [1.54, 1.807) is 29.7 Å². The van der Waals surface area contributed by atoms with Crippen molar-refractivity contribution in [3.8, 4) is 0 Å². The minimum absolute atomic E-state index is 0.266. The van der Waals surface area contributed by atoms with Crippen molar-refractivity contribution in [3.05, 3.63) is 44.8 Å². The number of nitrogens with one attached hydrogen (secondary N) is 1. The summed E-state index contributed by atoms with van der Waals surface area (Å²) in [5, 5.41) is 3.21. The van der Waals surface area contributed by atoms with Gasteiger partial charge in [0.15, 0.2) is 0 Å². The Morgan fingerprint density at radius 2 is 2.29 bits per heavy atom. The maximum Gasteiger partial charge on any atom is 0.267 e. The van der Waals surface area contributed by atoms with Crippen LogP contribution in [0.5, 0.6) is 0 Å². The average Bonchev–Trinajstić information content (AvgIpc) is 2.73. The lowest BCUT2D eigenvalue weighted by Crippen LogP contribution is -2.13. The van der Waals surface area contributed by atoms with Crippen LogP contribution in [0.15, 0.2) is 34.2 Å². The van der Waals surface area contributed by atoms with Crippen molar-refractivity contribution in [2.45, 2.75) is 6.54 Å². The normalized spacial score (nSPS) is 10.2. The van der Waals surface area contributed by atoms with Gasteiger partial charge in [-0.1, -0.05) is 0 Å². The predicted octanol–water partition coefficient (Wildman–Crippen LogP) is 2.62. The number of nitrogens with two attached hydrogens (primary N) is 1. The van der Waals surface area contributed by atoms with Crippen LogP contribution in [0.3, 0.4) is 0 Å². The van der Waals surface area contributed by atoms with Crippen LogP contribution in [-0.2, 0) is 6.54 Å². The number of halogens is 1. The molecule has 2 heterocycles. The second-order valence-electron chi connectivity index (χ2n) is 3.35. The number of carbonyl (C=O) groups excluding carboxylic acids is 1. The fourth-order valence-electron chi connectivity index (χ4n) is 1.31. The molecular formula is C11H10BrN3OS. The van der Waals surface area contributed by atoms with E-state index in [0.29, 0.717) is 6.54 Å². The van der Waals surface area contributed by atoms with Gasteiger partial charge in [0.25, 0.3) is 5.91 Å². The Hall–Kier alpha value is -1.40. The van der Waals surface area contributed by atoms with Crippen molar-refractivity contribution in [1.29, 1.82) is 0 Å². The van der Waals surface area contributed by atoms with E-state index in [4.69, 9.17) is 5.73 Å². The topological polar surface area (TPSA) is 68.0 Å². The Bertz CT molecular complexity index is 541. The molecule has 88 valence electrons. The third kappa shape index (κ3) is 3.28. The molecule has 0 atom stereocenters. The molecule has 0 aromatic carbocycles. The molecule has 0 saturated heterocycles. The third-order valence-electron chi connectivity index (χ3n) is 2.11. The van der Waals surface area contributed by atoms with Crippen LogP contribution >= 0.6 is 27.3 Å². The number of rotatable bonds is 4. The van der Waals surface area contributed by atoms with E-state index in [9.17, 15) is 4.79 Å². The zero-order valence-corrected chi connectivity index (χ0v) is 11.2. The smallest absolute Gasteiger partial charge is 0.267 e. The molecule has 1 amide bonds. The van der Waals surface area contributed by atoms with Gasteiger partial charge in [0.2, 0.25) is 0 Å². The molecular weight excluding hydrogens is 302 g/mol. The van der Waals surface area contributed by atoms with Gasteiger partial charge in [-0.05, 0) is 40.2 Å². The molecule has 6 heteroatoms. The molecule has 0 radical (unpaired) electrons. The van der Waals surface area contributed by atoms with E-state index in [-0.39, 0.29) is 5.69 Å². The van der Waals surface area contributed by atoms with E-state index < -0.39 is 5.91 Å². The molecule has 2 aromatic rings. The number of hydrogen-bond acceptors (Lipinski definition) is 4. The Balaban J connectivity index is 2.04. The lowest BCUT2D eigenvalue weighted by atomic mass is 10.3. The number of hydrogen-bond donors (Lipinski definition) is 2. The number of aromatic nitrogens is 1. The highest BCUT2D eigenvalue weighted by atomic mass is 79.9. The van der Waals surface area contributed by atoms with Gasteiger partial charge < -0.3 is 11.1 Å². The standard InChI is InChI=1S/C11H10BrN3OS/c12-10-2-1-8(17-10)6-15-7-3-4-14-9(5-7)11(13)16/h1-5H,6H2,(H2,13,16)(H,14,15). The monoisotopic (exact) mass is 311 g/mol. The molecule has 0 aliphatic heterocycles. The number of primary amides is 1. The maximum absolute atomic E-state index is 11.0. The SMILES string of the molecule is NC(=O)c1cc(NCc2ccc(Br)s2)ccn1. The predicted molar refractivity (Wildman–Crippen MR) is 72.1 cm³/mol. The molecule has 4 nitrogen and oxygen atoms in total. The average molecular weight is 312 g/mol. The van der Waals surface area contributed by atoms with Gasteiger partial charge in [-0.3, -0.25) is 9.78 Å². The van der Waals surface area contributed by atoms with Gasteiger partial charge in [-0.25, -0.2) is 0 Å². The first-order chi connectivity index (χ1) is 8.15. The van der Waals surface area contributed by atoms with E-state index in [1.165, 1.54) is 4.88 Å². The molecule has 17 heavy (non-hydrogen) atoms. The first-order valence-corrected chi connectivity index (χ1v) is 6.50. The summed E-state index contributed by atoms with van der Waals surface area (Å²) in [6.45, 7) is 0.707. The molecule has 0 aliphatic carbocycles. The number of carbonyl (C=O) groups is 1. The largest absolute Gasteiger partial charge is 0.380 e. The highest BCUT2D eigenvalue weighted by Gasteiger charge is 2.03. The Morgan fingerprint density at radius 1 is 1.47 bits per heavy atom. The van der Waals surface area contributed by atoms with Crippen molar-refractivity contribution in [2.24, 2.45) is 5.73 Å². The molecule has 0 aliphatic rings. The Kier molecular flexibility index (Phi) is 3.75. The second kappa shape index (κ2) is 5.29. The highest BCUT2D eigenvalue weighted by Crippen LogP contribution is 2.22. The van der Waals surface area contributed by atoms with Crippen LogP contribution in [0.4, 0.5) is 5.69 Å². The van der Waals surface area contributed by atoms with Gasteiger partial charge in [-0.2, -0.15) is 0 Å². The van der Waals surface area contributed by atoms with Crippen LogP contribution in [0.1, 0.15) is 15.4 Å². The van der Waals surface area contributed by atoms with E-state index >= 15 is 0 Å². The van der Waals surface area contributed by atoms with Gasteiger partial charge >= 0.3 is 0 Å². The summed E-state index contributed by atoms with van der Waals surface area (Å²) in [6, 6.07) is 7.49. The quantitative estimate of drug-likeness (QED) is 0.912. The van der Waals surface area contributed by atoms with Crippen molar-refractivity contribution >= 4 is 38.9 Å². The van der Waals surface area contributed by atoms with Crippen molar-refractivity contribution in [3.63, 3.8) is 0 Å². The van der Waals surface area contributed by atoms with Crippen molar-refractivity contribution < 1.29 is 4.79 Å². The van der Waals surface area contributed by atoms with Crippen LogP contribution in [-0.4, -0.2) is 10.9 Å². The molecule has 0 unspecified atom stereocenters. The lowest BCUT2D eigenvalue weighted by molar-refractivity contribution is 0.0995. The van der Waals surface area contributed by atoms with Gasteiger partial charge in [0.1, 0.15) is 5.69 Å². The van der Waals surface area contributed by atoms with Crippen molar-refractivity contribution in [2.75, 3.05) is 5.32 Å². The summed E-state index contributed by atoms with van der Waals surface area (Å²) < 4.78 is 1.10. The highest BCUT2D eigenvalue weighted by molar-refractivity contribution is 9.11. The summed E-state index contributed by atoms with van der Waals surface area (Å²) >= 11 is 5.07. The fraction of sp³-hybridized carbons (Fsp3) is 0.0909. The minimum Gasteiger partial charge on any atom is -0.380 e. The number of anilines is 1. The number of thiophene rings is 1. The first kappa shape index (κ1) is 12.1. The van der Waals surface area contributed by atoms with E-state index in [1.807, 2.05) is 12.1 Å². The number of pyridine rings is 1. The van der Waals surface area contributed by atoms with Gasteiger partial charge in [-0.15, -0.1) is 11.3 Å². The van der Waals surface area contributed by atoms with Crippen LogP contribution in [0.25, 0.3) is 0 Å². The summed E-state index contributed by atoms with van der Waals surface area (Å²) in [4.78, 5) is 16.0. The lowest BCUT2D eigenvalue weighted by Gasteiger charge is -2.05. The zero-order valence-electron chi connectivity index (χ0n) is 8.81. The number of nitrogens with zero attached hydrogens (tertiary/aromatic N) is 1. The Morgan fingerprint density at radius 3 is 2.94 bits per heavy atom. The summed E-state index contributed by atoms with van der Waals surface area (Å²) in [7, 11) is 0. The fourth-order valence-corrected chi connectivity index (χ4v) is 2.73. The van der Waals surface area contributed by atoms with Crippen LogP contribution in [0.2, 0.25) is 0 Å². The van der Waals surface area contributed by atoms with E-state index in [0.717, 1.165) is 9.47 Å². The van der Waals surface area contributed by atoms with Crippen LogP contribution in [0, 0.1) is 0 Å². The minimum atomic E-state index is -0.521. The Labute approximate surface area is 111 Å². The molecule has 0 saturated carbocycles. The third-order valence-corrected chi connectivity index (χ3v) is 3.73. The molecule has 0 spiro atoms. The molecule has 0 fully saturated rings. The molecule has 2 rings (SSSR count). The molecule has 0 bridgehead atoms. The molecule has 2 aromatic heterocycles. The van der Waals surface area contributed by atoms with E-state index in [2.05, 4.69) is 26.2 Å².